The van der Waals surface area contributed by atoms with E-state index in [1.807, 2.05) is 0 Å². The Balaban J connectivity index is 1.60. The summed E-state index contributed by atoms with van der Waals surface area (Å²) in [5, 5.41) is 0. The van der Waals surface area contributed by atoms with E-state index in [-0.39, 0.29) is 23.6 Å². The highest BCUT2D eigenvalue weighted by molar-refractivity contribution is 9.10. The number of hydrogen-bond donors (Lipinski definition) is 0. The van der Waals surface area contributed by atoms with Gasteiger partial charge in [0.1, 0.15) is 11.5 Å². The number of amides is 4. The molecule has 11 heteroatoms. The third-order valence-electron chi connectivity index (χ3n) is 9.43. The van der Waals surface area contributed by atoms with Gasteiger partial charge in [-0.1, -0.05) is 47.1 Å². The lowest BCUT2D eigenvalue weighted by Crippen LogP contribution is -2.67. The van der Waals surface area contributed by atoms with Gasteiger partial charge in [0.2, 0.25) is 23.6 Å². The predicted octanol–water partition coefficient (Wildman–Crippen LogP) is 3.66. The van der Waals surface area contributed by atoms with Crippen LogP contribution in [0.15, 0.2) is 59.7 Å². The first-order valence-corrected chi connectivity index (χ1v) is 14.4. The summed E-state index contributed by atoms with van der Waals surface area (Å²) in [7, 11) is 2.87. The Morgan fingerprint density at radius 3 is 1.60 bits per heavy atom. The van der Waals surface area contributed by atoms with Crippen molar-refractivity contribution in [3.05, 3.63) is 59.7 Å². The van der Waals surface area contributed by atoms with Gasteiger partial charge >= 0.3 is 5.97 Å². The molecule has 0 unspecified atom stereocenters. The number of methoxy groups -OCH3 is 2. The first-order valence-electron chi connectivity index (χ1n) is 13.6. The molecule has 4 atom stereocenters. The van der Waals surface area contributed by atoms with Crippen molar-refractivity contribution in [1.29, 1.82) is 0 Å². The second-order valence-corrected chi connectivity index (χ2v) is 12.4. The van der Waals surface area contributed by atoms with Gasteiger partial charge in [-0.2, -0.15) is 0 Å². The number of benzene rings is 2. The van der Waals surface area contributed by atoms with Crippen molar-refractivity contribution >= 4 is 56.9 Å². The van der Waals surface area contributed by atoms with Crippen molar-refractivity contribution in [2.45, 2.75) is 25.1 Å². The van der Waals surface area contributed by atoms with E-state index in [1.165, 1.54) is 14.2 Å². The highest BCUT2D eigenvalue weighted by Gasteiger charge is 2.81. The minimum Gasteiger partial charge on any atom is -0.495 e. The maximum Gasteiger partial charge on any atom is 0.334 e. The number of hydrogen-bond acceptors (Lipinski definition) is 8. The number of esters is 1. The molecular weight excluding hydrogens is 608 g/mol. The predicted molar refractivity (Wildman–Crippen MR) is 154 cm³/mol. The summed E-state index contributed by atoms with van der Waals surface area (Å²) in [5.74, 6) is -6.79. The first-order chi connectivity index (χ1) is 20.0. The summed E-state index contributed by atoms with van der Waals surface area (Å²) in [6.45, 7) is 5.02. The van der Waals surface area contributed by atoms with Crippen LogP contribution in [0.25, 0.3) is 0 Å². The number of nitrogens with zero attached hydrogens (tertiary/aromatic N) is 2. The van der Waals surface area contributed by atoms with E-state index in [4.69, 9.17) is 14.2 Å². The summed E-state index contributed by atoms with van der Waals surface area (Å²) in [6.07, 6.45) is 0. The van der Waals surface area contributed by atoms with E-state index >= 15 is 0 Å². The number of para-hydroxylation sites is 4. The monoisotopic (exact) mass is 636 g/mol. The number of alkyl halides is 1. The van der Waals surface area contributed by atoms with Crippen molar-refractivity contribution < 1.29 is 38.2 Å². The standard InChI is InChI=1S/C31H29BrN2O8/c1-6-42-29(39)20-15(2)31(32)23-21(25(35)33(27(23)37)16-11-7-9-13-18(16)40-4)30(20,3)22-24(31)28(38)34(26(22)36)17-12-8-10-14-19(17)41-5/h7-14,21-24H,6H2,1-5H3/t21-,22-,23+,24+,30?,31?/m0/s1. The van der Waals surface area contributed by atoms with E-state index in [1.54, 1.807) is 69.3 Å². The first kappa shape index (κ1) is 28.1. The van der Waals surface area contributed by atoms with Gasteiger partial charge in [0, 0.05) is 11.0 Å². The second kappa shape index (κ2) is 9.52. The molecule has 1 saturated carbocycles. The quantitative estimate of drug-likeness (QED) is 0.268. The number of anilines is 2. The molecule has 2 bridgehead atoms. The molecule has 10 nitrogen and oxygen atoms in total. The fraction of sp³-hybridized carbons (Fsp3) is 0.387. The van der Waals surface area contributed by atoms with Gasteiger partial charge in [0.05, 0.1) is 60.2 Å². The molecule has 0 N–H and O–H groups in total. The number of halogens is 1. The number of imide groups is 2. The minimum atomic E-state index is -1.55. The summed E-state index contributed by atoms with van der Waals surface area (Å²) in [6, 6.07) is 13.3. The summed E-state index contributed by atoms with van der Waals surface area (Å²) >= 11 is 3.78. The van der Waals surface area contributed by atoms with E-state index in [2.05, 4.69) is 15.9 Å². The molecule has 2 aromatic carbocycles. The van der Waals surface area contributed by atoms with E-state index in [0.29, 0.717) is 17.1 Å². The Morgan fingerprint density at radius 1 is 0.786 bits per heavy atom. The highest BCUT2D eigenvalue weighted by atomic mass is 79.9. The largest absolute Gasteiger partial charge is 0.495 e. The molecule has 0 spiro atoms. The lowest BCUT2D eigenvalue weighted by atomic mass is 9.43. The third-order valence-corrected chi connectivity index (χ3v) is 11.0. The Hall–Kier alpha value is -3.99. The summed E-state index contributed by atoms with van der Waals surface area (Å²) in [5.41, 5.74) is -0.518. The van der Waals surface area contributed by atoms with Gasteiger partial charge < -0.3 is 14.2 Å². The van der Waals surface area contributed by atoms with Crippen LogP contribution in [0.4, 0.5) is 11.4 Å². The number of carbonyl (C=O) groups is 5. The zero-order valence-corrected chi connectivity index (χ0v) is 25.3. The molecule has 0 aromatic heterocycles. The molecule has 218 valence electrons. The molecule has 2 aliphatic heterocycles. The maximum absolute atomic E-state index is 14.4. The van der Waals surface area contributed by atoms with Gasteiger partial charge in [-0.25, -0.2) is 14.6 Å². The normalized spacial score (nSPS) is 31.5. The molecule has 42 heavy (non-hydrogen) atoms. The van der Waals surface area contributed by atoms with Crippen LogP contribution >= 0.6 is 15.9 Å². The van der Waals surface area contributed by atoms with Gasteiger partial charge in [-0.15, -0.1) is 0 Å². The minimum absolute atomic E-state index is 0.0591. The van der Waals surface area contributed by atoms with Crippen LogP contribution in [0.3, 0.4) is 0 Å². The fourth-order valence-corrected chi connectivity index (χ4v) is 8.95. The molecule has 3 fully saturated rings. The maximum atomic E-state index is 14.4. The second-order valence-electron chi connectivity index (χ2n) is 11.0. The van der Waals surface area contributed by atoms with Crippen LogP contribution < -0.4 is 19.3 Å². The molecule has 0 radical (unpaired) electrons. The SMILES string of the molecule is CCOC(=O)C1=C(C)C2(Br)[C@H]3C(=O)N(c4ccccc4OC)C(=O)[C@H]3C1(C)[C@@H]1C(=O)N(c3ccccc3OC)C(=O)[C@@H]12. The van der Waals surface area contributed by atoms with Gasteiger partial charge in [-0.05, 0) is 43.7 Å². The van der Waals surface area contributed by atoms with Gasteiger partial charge in [0.15, 0.2) is 0 Å². The molecule has 2 aromatic rings. The smallest absolute Gasteiger partial charge is 0.334 e. The lowest BCUT2D eigenvalue weighted by molar-refractivity contribution is -0.152. The molecule has 7 rings (SSSR count). The highest BCUT2D eigenvalue weighted by Crippen LogP contribution is 2.73. The molecule has 3 aliphatic carbocycles. The lowest BCUT2D eigenvalue weighted by Gasteiger charge is -2.59. The number of carbonyl (C=O) groups excluding carboxylic acids is 5. The molecule has 2 saturated heterocycles. The average Bonchev–Trinajstić information content (AvgIpc) is 3.41. The van der Waals surface area contributed by atoms with Crippen molar-refractivity contribution in [3.63, 3.8) is 0 Å². The topological polar surface area (TPSA) is 120 Å². The van der Waals surface area contributed by atoms with Crippen molar-refractivity contribution in [2.75, 3.05) is 30.6 Å². The van der Waals surface area contributed by atoms with Crippen LogP contribution in [0, 0.1) is 29.1 Å². The van der Waals surface area contributed by atoms with E-state index < -0.39 is 63.0 Å². The van der Waals surface area contributed by atoms with Gasteiger partial charge in [-0.3, -0.25) is 19.2 Å². The zero-order valence-electron chi connectivity index (χ0n) is 23.7. The molecule has 5 aliphatic rings. The zero-order chi connectivity index (χ0) is 30.3. The Bertz CT molecular complexity index is 1520. The van der Waals surface area contributed by atoms with Crippen LogP contribution in [0.2, 0.25) is 0 Å². The van der Waals surface area contributed by atoms with E-state index in [9.17, 15) is 24.0 Å². The summed E-state index contributed by atoms with van der Waals surface area (Å²) < 4.78 is 14.9. The van der Waals surface area contributed by atoms with Crippen molar-refractivity contribution in [1.82, 2.24) is 0 Å². The van der Waals surface area contributed by atoms with Crippen LogP contribution in [0.1, 0.15) is 20.8 Å². The number of rotatable bonds is 6. The number of ether oxygens (including phenoxy) is 3. The van der Waals surface area contributed by atoms with Crippen LogP contribution in [-0.2, 0) is 28.7 Å². The average molecular weight is 637 g/mol. The van der Waals surface area contributed by atoms with Crippen molar-refractivity contribution in [2.24, 2.45) is 29.1 Å². The van der Waals surface area contributed by atoms with Gasteiger partial charge in [0.25, 0.3) is 0 Å². The van der Waals surface area contributed by atoms with Crippen molar-refractivity contribution in [3.8, 4) is 11.5 Å². The Labute approximate surface area is 250 Å². The molecule has 4 amide bonds. The Kier molecular flexibility index (Phi) is 6.38. The fourth-order valence-electron chi connectivity index (χ4n) is 7.83. The summed E-state index contributed by atoms with van der Waals surface area (Å²) in [4.78, 5) is 73.4. The third kappa shape index (κ3) is 3.22. The Morgan fingerprint density at radius 2 is 1.19 bits per heavy atom. The number of allylic oxidation sites excluding steroid dienone is 1. The molecule has 2 heterocycles. The molecular formula is C31H29BrN2O8. The van der Waals surface area contributed by atoms with Crippen LogP contribution in [0.5, 0.6) is 11.5 Å². The van der Waals surface area contributed by atoms with Crippen LogP contribution in [-0.4, -0.2) is 54.7 Å². The van der Waals surface area contributed by atoms with E-state index in [0.717, 1.165) is 9.80 Å².